The van der Waals surface area contributed by atoms with E-state index in [1.54, 1.807) is 0 Å². The van der Waals surface area contributed by atoms with Gasteiger partial charge in [0.2, 0.25) is 0 Å². The van der Waals surface area contributed by atoms with Crippen LogP contribution in [0.2, 0.25) is 6.04 Å². The SMILES string of the molecule is CCO[Si](CCCCCCCCCCCCCCCS)(OCC)OCC. The molecule has 26 heavy (non-hydrogen) atoms. The van der Waals surface area contributed by atoms with Crippen LogP contribution in [0, 0.1) is 0 Å². The fourth-order valence-corrected chi connectivity index (χ4v) is 6.31. The van der Waals surface area contributed by atoms with Crippen LogP contribution in [0.1, 0.15) is 104 Å². The maximum Gasteiger partial charge on any atom is 0.500 e. The lowest BCUT2D eigenvalue weighted by molar-refractivity contribution is 0.0706. The van der Waals surface area contributed by atoms with Crippen molar-refractivity contribution in [1.29, 1.82) is 0 Å². The highest BCUT2D eigenvalue weighted by molar-refractivity contribution is 7.80. The Morgan fingerprint density at radius 3 is 1.12 bits per heavy atom. The van der Waals surface area contributed by atoms with E-state index in [2.05, 4.69) is 12.6 Å². The minimum absolute atomic E-state index is 0.682. The molecule has 0 heterocycles. The lowest BCUT2D eigenvalue weighted by Crippen LogP contribution is -2.45. The largest absolute Gasteiger partial charge is 0.500 e. The first-order valence-corrected chi connectivity index (χ1v) is 13.8. The molecule has 0 N–H and O–H groups in total. The van der Waals surface area contributed by atoms with E-state index in [1.807, 2.05) is 20.8 Å². The highest BCUT2D eigenvalue weighted by Crippen LogP contribution is 2.21. The van der Waals surface area contributed by atoms with Crippen molar-refractivity contribution in [2.75, 3.05) is 25.6 Å². The fourth-order valence-electron chi connectivity index (χ4n) is 3.40. The molecule has 0 fully saturated rings. The molecule has 158 valence electrons. The average molecular weight is 407 g/mol. The Kier molecular flexibility index (Phi) is 20.5. The van der Waals surface area contributed by atoms with Gasteiger partial charge in [0.1, 0.15) is 0 Å². The van der Waals surface area contributed by atoms with E-state index < -0.39 is 8.80 Å². The second-order valence-corrected chi connectivity index (χ2v) is 10.2. The van der Waals surface area contributed by atoms with Gasteiger partial charge in [0, 0.05) is 25.9 Å². The van der Waals surface area contributed by atoms with Crippen LogP contribution in [0.3, 0.4) is 0 Å². The molecule has 0 saturated carbocycles. The molecule has 3 nitrogen and oxygen atoms in total. The molecule has 0 aromatic heterocycles. The average Bonchev–Trinajstić information content (AvgIpc) is 2.63. The van der Waals surface area contributed by atoms with Gasteiger partial charge in [-0.25, -0.2) is 0 Å². The Labute approximate surface area is 170 Å². The summed E-state index contributed by atoms with van der Waals surface area (Å²) in [6.07, 6.45) is 17.7. The summed E-state index contributed by atoms with van der Waals surface area (Å²) >= 11 is 4.26. The van der Waals surface area contributed by atoms with E-state index in [9.17, 15) is 0 Å². The van der Waals surface area contributed by atoms with E-state index >= 15 is 0 Å². The van der Waals surface area contributed by atoms with Crippen LogP contribution in [0.5, 0.6) is 0 Å². The summed E-state index contributed by atoms with van der Waals surface area (Å²) in [6, 6.07) is 0.968. The number of hydrogen-bond acceptors (Lipinski definition) is 4. The van der Waals surface area contributed by atoms with Crippen molar-refractivity contribution in [2.45, 2.75) is 110 Å². The third-order valence-corrected chi connectivity index (χ3v) is 8.20. The molecule has 0 amide bonds. The standard InChI is InChI=1S/C21H46O3SSi/c1-4-22-26(23-5-2,24-6-3)21-19-17-15-13-11-9-7-8-10-12-14-16-18-20-25/h25H,4-21H2,1-3H3. The van der Waals surface area contributed by atoms with Gasteiger partial charge in [-0.15, -0.1) is 0 Å². The molecule has 0 aliphatic heterocycles. The van der Waals surface area contributed by atoms with Gasteiger partial charge >= 0.3 is 8.80 Å². The predicted molar refractivity (Wildman–Crippen MR) is 119 cm³/mol. The summed E-state index contributed by atoms with van der Waals surface area (Å²) in [5, 5.41) is 0. The molecular weight excluding hydrogens is 360 g/mol. The number of rotatable bonds is 21. The van der Waals surface area contributed by atoms with Gasteiger partial charge in [0.25, 0.3) is 0 Å². The third kappa shape index (κ3) is 15.5. The first kappa shape index (κ1) is 26.4. The second kappa shape index (κ2) is 20.2. The zero-order chi connectivity index (χ0) is 19.3. The normalized spacial score (nSPS) is 12.0. The van der Waals surface area contributed by atoms with Crippen molar-refractivity contribution in [3.8, 4) is 0 Å². The highest BCUT2D eigenvalue weighted by atomic mass is 32.1. The Morgan fingerprint density at radius 2 is 0.808 bits per heavy atom. The minimum Gasteiger partial charge on any atom is -0.374 e. The Balaban J connectivity index is 3.52. The van der Waals surface area contributed by atoms with Crippen LogP contribution in [-0.4, -0.2) is 34.4 Å². The van der Waals surface area contributed by atoms with Crippen molar-refractivity contribution in [3.63, 3.8) is 0 Å². The van der Waals surface area contributed by atoms with E-state index in [1.165, 1.54) is 83.5 Å². The molecular formula is C21H46O3SSi. The van der Waals surface area contributed by atoms with E-state index in [-0.39, 0.29) is 0 Å². The number of unbranched alkanes of at least 4 members (excludes halogenated alkanes) is 12. The van der Waals surface area contributed by atoms with Crippen LogP contribution in [0.25, 0.3) is 0 Å². The van der Waals surface area contributed by atoms with E-state index in [4.69, 9.17) is 13.3 Å². The maximum absolute atomic E-state index is 5.91. The van der Waals surface area contributed by atoms with Gasteiger partial charge in [0.05, 0.1) is 0 Å². The summed E-state index contributed by atoms with van der Waals surface area (Å²) in [6.45, 7) is 8.13. The van der Waals surface area contributed by atoms with Crippen LogP contribution in [-0.2, 0) is 13.3 Å². The zero-order valence-electron chi connectivity index (χ0n) is 17.9. The molecule has 0 aromatic rings. The topological polar surface area (TPSA) is 27.7 Å². The molecule has 5 heteroatoms. The molecule has 0 aliphatic carbocycles. The lowest BCUT2D eigenvalue weighted by atomic mass is 10.0. The minimum atomic E-state index is -2.40. The van der Waals surface area contributed by atoms with E-state index in [0.717, 1.165) is 11.8 Å². The van der Waals surface area contributed by atoms with Gasteiger partial charge in [0.15, 0.2) is 0 Å². The van der Waals surface area contributed by atoms with Crippen molar-refractivity contribution < 1.29 is 13.3 Å². The van der Waals surface area contributed by atoms with Crippen molar-refractivity contribution in [3.05, 3.63) is 0 Å². The highest BCUT2D eigenvalue weighted by Gasteiger charge is 2.39. The van der Waals surface area contributed by atoms with Gasteiger partial charge in [-0.05, 0) is 39.4 Å². The zero-order valence-corrected chi connectivity index (χ0v) is 19.8. The Hall–Kier alpha value is 0.447. The van der Waals surface area contributed by atoms with Gasteiger partial charge in [-0.3, -0.25) is 0 Å². The van der Waals surface area contributed by atoms with Crippen molar-refractivity contribution >= 4 is 21.4 Å². The monoisotopic (exact) mass is 406 g/mol. The molecule has 0 unspecified atom stereocenters. The molecule has 0 aromatic carbocycles. The van der Waals surface area contributed by atoms with Crippen LogP contribution >= 0.6 is 12.6 Å². The van der Waals surface area contributed by atoms with E-state index in [0.29, 0.717) is 19.8 Å². The molecule has 0 radical (unpaired) electrons. The fraction of sp³-hybridized carbons (Fsp3) is 1.00. The summed E-state index contributed by atoms with van der Waals surface area (Å²) in [4.78, 5) is 0. The van der Waals surface area contributed by atoms with Gasteiger partial charge in [-0.2, -0.15) is 12.6 Å². The molecule has 0 rings (SSSR count). The first-order chi connectivity index (χ1) is 12.7. The number of thiol groups is 1. The molecule has 0 atom stereocenters. The van der Waals surface area contributed by atoms with Crippen molar-refractivity contribution in [1.82, 2.24) is 0 Å². The van der Waals surface area contributed by atoms with Gasteiger partial charge in [-0.1, -0.05) is 70.6 Å². The first-order valence-electron chi connectivity index (χ1n) is 11.3. The van der Waals surface area contributed by atoms with Crippen LogP contribution in [0.4, 0.5) is 0 Å². The molecule has 0 spiro atoms. The molecule has 0 aliphatic rings. The van der Waals surface area contributed by atoms with Crippen LogP contribution < -0.4 is 0 Å². The summed E-state index contributed by atoms with van der Waals surface area (Å²) in [5.74, 6) is 1.05. The lowest BCUT2D eigenvalue weighted by Gasteiger charge is -2.28. The summed E-state index contributed by atoms with van der Waals surface area (Å²) in [5.41, 5.74) is 0. The summed E-state index contributed by atoms with van der Waals surface area (Å²) in [7, 11) is -2.40. The third-order valence-electron chi connectivity index (χ3n) is 4.73. The molecule has 0 saturated heterocycles. The molecule has 0 bridgehead atoms. The maximum atomic E-state index is 5.91. The second-order valence-electron chi connectivity index (χ2n) is 7.05. The van der Waals surface area contributed by atoms with Crippen LogP contribution in [0.15, 0.2) is 0 Å². The van der Waals surface area contributed by atoms with Gasteiger partial charge < -0.3 is 13.3 Å². The van der Waals surface area contributed by atoms with Crippen molar-refractivity contribution in [2.24, 2.45) is 0 Å². The quantitative estimate of drug-likeness (QED) is 0.126. The summed E-state index contributed by atoms with van der Waals surface area (Å²) < 4.78 is 17.7. The predicted octanol–water partition coefficient (Wildman–Crippen LogP) is 7.04. The Bertz CT molecular complexity index is 263. The smallest absolute Gasteiger partial charge is 0.374 e. The number of hydrogen-bond donors (Lipinski definition) is 1. The Morgan fingerprint density at radius 1 is 0.500 bits per heavy atom.